The summed E-state index contributed by atoms with van der Waals surface area (Å²) in [6.07, 6.45) is 5.11. The van der Waals surface area contributed by atoms with Crippen LogP contribution in [0.15, 0.2) is 24.3 Å². The Balaban J connectivity index is 1.36. The Morgan fingerprint density at radius 3 is 2.40 bits per heavy atom. The van der Waals surface area contributed by atoms with Crippen molar-refractivity contribution in [2.45, 2.75) is 81.5 Å². The van der Waals surface area contributed by atoms with Crippen LogP contribution in [0.2, 0.25) is 5.02 Å². The van der Waals surface area contributed by atoms with Gasteiger partial charge in [-0.2, -0.15) is 0 Å². The van der Waals surface area contributed by atoms with Crippen molar-refractivity contribution in [2.75, 3.05) is 59.5 Å². The molecule has 5 atom stereocenters. The van der Waals surface area contributed by atoms with Crippen molar-refractivity contribution in [3.05, 3.63) is 34.9 Å². The van der Waals surface area contributed by atoms with Crippen molar-refractivity contribution >= 4 is 29.2 Å². The number of halogens is 1. The largest absolute Gasteiger partial charge is 0.368 e. The molecule has 43 heavy (non-hydrogen) atoms. The number of hydrogen-bond acceptors (Lipinski definition) is 7. The topological polar surface area (TPSA) is 94.2 Å². The molecule has 4 heterocycles. The summed E-state index contributed by atoms with van der Waals surface area (Å²) in [6, 6.07) is 7.24. The first kappa shape index (κ1) is 31.0. The molecule has 6 rings (SSSR count). The molecule has 9 nitrogen and oxygen atoms in total. The van der Waals surface area contributed by atoms with E-state index in [4.69, 9.17) is 16.3 Å². The van der Waals surface area contributed by atoms with Crippen LogP contribution in [0.4, 0.5) is 0 Å². The van der Waals surface area contributed by atoms with Crippen LogP contribution in [-0.2, 0) is 19.1 Å². The molecule has 0 spiro atoms. The van der Waals surface area contributed by atoms with Crippen LogP contribution < -0.4 is 10.6 Å². The Labute approximate surface area is 261 Å². The molecule has 1 aliphatic carbocycles. The Morgan fingerprint density at radius 1 is 1.00 bits per heavy atom. The maximum Gasteiger partial charge on any atom is 0.252 e. The van der Waals surface area contributed by atoms with Crippen LogP contribution in [0.1, 0.15) is 63.4 Å². The van der Waals surface area contributed by atoms with Crippen LogP contribution >= 0.6 is 11.6 Å². The van der Waals surface area contributed by atoms with Gasteiger partial charge in [-0.1, -0.05) is 30.7 Å². The zero-order chi connectivity index (χ0) is 30.1. The number of piperazine rings is 1. The zero-order valence-corrected chi connectivity index (χ0v) is 26.5. The second-order valence-electron chi connectivity index (χ2n) is 13.7. The van der Waals surface area contributed by atoms with Gasteiger partial charge in [0.15, 0.2) is 5.78 Å². The molecule has 0 bridgehead atoms. The number of benzene rings is 1. The number of carbonyl (C=O) groups excluding carboxylic acids is 3. The van der Waals surface area contributed by atoms with E-state index >= 15 is 4.79 Å². The van der Waals surface area contributed by atoms with Crippen molar-refractivity contribution in [2.24, 2.45) is 11.8 Å². The minimum absolute atomic E-state index is 0.0277. The molecule has 2 N–H and O–H groups in total. The van der Waals surface area contributed by atoms with E-state index in [1.807, 2.05) is 34.1 Å². The fraction of sp³-hybridized carbons (Fsp3) is 0.727. The summed E-state index contributed by atoms with van der Waals surface area (Å²) in [4.78, 5) is 49.8. The summed E-state index contributed by atoms with van der Waals surface area (Å²) in [5.74, 6) is 0.313. The van der Waals surface area contributed by atoms with Crippen LogP contribution in [-0.4, -0.2) is 115 Å². The van der Waals surface area contributed by atoms with Gasteiger partial charge in [0, 0.05) is 81.7 Å². The maximum atomic E-state index is 15.2. The highest BCUT2D eigenvalue weighted by Gasteiger charge is 2.58. The smallest absolute Gasteiger partial charge is 0.252 e. The van der Waals surface area contributed by atoms with Gasteiger partial charge in [0.05, 0.1) is 6.04 Å². The number of ketones is 1. The monoisotopic (exact) mass is 613 g/mol. The molecule has 0 unspecified atom stereocenters. The fourth-order valence-corrected chi connectivity index (χ4v) is 8.34. The van der Waals surface area contributed by atoms with Gasteiger partial charge in [0.2, 0.25) is 5.91 Å². The van der Waals surface area contributed by atoms with E-state index in [-0.39, 0.29) is 35.5 Å². The van der Waals surface area contributed by atoms with Gasteiger partial charge in [-0.15, -0.1) is 0 Å². The normalized spacial score (nSPS) is 35.3. The summed E-state index contributed by atoms with van der Waals surface area (Å²) in [7, 11) is 2.08. The molecule has 1 aromatic rings. The lowest BCUT2D eigenvalue weighted by atomic mass is 9.74. The number of ether oxygens (including phenoxy) is 1. The number of carbonyl (C=O) groups is 3. The standard InChI is InChI=1S/C33H48ClN5O4/c1-22-5-11-25(12-6-22)39(32(42)29-4-3-17-43-29)33(18-28(36-21-33)31(41)38-15-13-37(2)14-16-38)30(40)27-20-35-19-26(27)23-7-9-24(34)10-8-23/h7-10,22,25-29,35-36H,3-6,11-21H2,1-2H3/t22?,25?,26-,27+,28-,29-,33-/m0/s1. The Morgan fingerprint density at radius 2 is 1.72 bits per heavy atom. The number of Topliss-reactive ketones (excluding diaryl/α,β-unsaturated/α-hetero) is 1. The lowest BCUT2D eigenvalue weighted by Crippen LogP contribution is -2.66. The highest BCUT2D eigenvalue weighted by molar-refractivity contribution is 6.30. The van der Waals surface area contributed by atoms with Gasteiger partial charge >= 0.3 is 0 Å². The average molecular weight is 614 g/mol. The molecular weight excluding hydrogens is 566 g/mol. The van der Waals surface area contributed by atoms with Crippen molar-refractivity contribution in [1.29, 1.82) is 0 Å². The molecule has 4 aliphatic heterocycles. The molecule has 4 saturated heterocycles. The van der Waals surface area contributed by atoms with E-state index in [1.165, 1.54) is 0 Å². The lowest BCUT2D eigenvalue weighted by Gasteiger charge is -2.48. The molecule has 10 heteroatoms. The van der Waals surface area contributed by atoms with Gasteiger partial charge in [0.1, 0.15) is 11.6 Å². The Hall–Kier alpha value is -2.04. The Kier molecular flexibility index (Phi) is 9.46. The molecule has 0 aromatic heterocycles. The summed E-state index contributed by atoms with van der Waals surface area (Å²) < 4.78 is 5.97. The van der Waals surface area contributed by atoms with E-state index in [1.54, 1.807) is 0 Å². The minimum Gasteiger partial charge on any atom is -0.368 e. The third kappa shape index (κ3) is 6.25. The summed E-state index contributed by atoms with van der Waals surface area (Å²) >= 11 is 6.21. The molecule has 1 saturated carbocycles. The second kappa shape index (κ2) is 13.1. The van der Waals surface area contributed by atoms with Crippen molar-refractivity contribution in [1.82, 2.24) is 25.3 Å². The maximum absolute atomic E-state index is 15.2. The van der Waals surface area contributed by atoms with Crippen molar-refractivity contribution in [3.8, 4) is 0 Å². The Bertz CT molecular complexity index is 1160. The van der Waals surface area contributed by atoms with Crippen LogP contribution in [0.5, 0.6) is 0 Å². The highest BCUT2D eigenvalue weighted by atomic mass is 35.5. The number of nitrogens with zero attached hydrogens (tertiary/aromatic N) is 3. The van der Waals surface area contributed by atoms with Gasteiger partial charge in [-0.25, -0.2) is 0 Å². The van der Waals surface area contributed by atoms with Crippen LogP contribution in [0.3, 0.4) is 0 Å². The number of amides is 2. The van der Waals surface area contributed by atoms with E-state index < -0.39 is 17.7 Å². The molecule has 0 radical (unpaired) electrons. The van der Waals surface area contributed by atoms with Crippen molar-refractivity contribution in [3.63, 3.8) is 0 Å². The van der Waals surface area contributed by atoms with E-state index in [9.17, 15) is 9.59 Å². The second-order valence-corrected chi connectivity index (χ2v) is 14.1. The van der Waals surface area contributed by atoms with E-state index in [0.717, 1.165) is 50.8 Å². The molecule has 2 amide bonds. The molecule has 1 aromatic carbocycles. The van der Waals surface area contributed by atoms with Crippen LogP contribution in [0, 0.1) is 11.8 Å². The molecular formula is C33H48ClN5O4. The molecule has 5 fully saturated rings. The van der Waals surface area contributed by atoms with Gasteiger partial charge in [-0.3, -0.25) is 14.4 Å². The van der Waals surface area contributed by atoms with Crippen LogP contribution in [0.25, 0.3) is 0 Å². The first-order chi connectivity index (χ1) is 20.8. The quantitative estimate of drug-likeness (QED) is 0.488. The molecule has 5 aliphatic rings. The average Bonchev–Trinajstić information content (AvgIpc) is 3.80. The predicted octanol–water partition coefficient (Wildman–Crippen LogP) is 2.67. The van der Waals surface area contributed by atoms with Gasteiger partial charge in [-0.05, 0) is 69.2 Å². The fourth-order valence-electron chi connectivity index (χ4n) is 8.21. The number of likely N-dealkylation sites (N-methyl/N-ethyl adjacent to an activating group) is 1. The highest BCUT2D eigenvalue weighted by Crippen LogP contribution is 2.42. The number of rotatable bonds is 7. The van der Waals surface area contributed by atoms with E-state index in [0.29, 0.717) is 63.1 Å². The van der Waals surface area contributed by atoms with E-state index in [2.05, 4.69) is 29.5 Å². The lowest BCUT2D eigenvalue weighted by molar-refractivity contribution is -0.159. The zero-order valence-electron chi connectivity index (χ0n) is 25.7. The summed E-state index contributed by atoms with van der Waals surface area (Å²) in [5.41, 5.74) is -0.0369. The minimum atomic E-state index is -1.11. The van der Waals surface area contributed by atoms with Gasteiger partial charge in [0.25, 0.3) is 5.91 Å². The third-order valence-electron chi connectivity index (χ3n) is 10.9. The first-order valence-corrected chi connectivity index (χ1v) is 16.8. The SMILES string of the molecule is CC1CCC(N(C(=O)[C@@H]2CCCO2)[C@]2(C(=O)[C@@H]3CNC[C@H]3c3ccc(Cl)cc3)CN[C@H](C(=O)N3CCN(C)CC3)C2)CC1. The summed E-state index contributed by atoms with van der Waals surface area (Å²) in [5, 5.41) is 7.64. The third-order valence-corrected chi connectivity index (χ3v) is 11.1. The first-order valence-electron chi connectivity index (χ1n) is 16.4. The van der Waals surface area contributed by atoms with Crippen molar-refractivity contribution < 1.29 is 19.1 Å². The molecule has 236 valence electrons. The van der Waals surface area contributed by atoms with Gasteiger partial charge < -0.3 is 30.1 Å². The summed E-state index contributed by atoms with van der Waals surface area (Å²) in [6.45, 7) is 7.40. The number of hydrogen-bond donors (Lipinski definition) is 2. The predicted molar refractivity (Wildman–Crippen MR) is 166 cm³/mol. The number of nitrogens with one attached hydrogen (secondary N) is 2.